The Morgan fingerprint density at radius 2 is 1.10 bits per heavy atom. The Labute approximate surface area is 235 Å². The fourth-order valence-corrected chi connectivity index (χ4v) is 4.56. The zero-order valence-electron chi connectivity index (χ0n) is 24.0. The number of hydrogen-bond acceptors (Lipinski definition) is 4. The normalized spacial score (nSPS) is 11.9. The van der Waals surface area contributed by atoms with Gasteiger partial charge in [-0.15, -0.1) is 0 Å². The van der Waals surface area contributed by atoms with Gasteiger partial charge in [0.25, 0.3) is 0 Å². The van der Waals surface area contributed by atoms with Gasteiger partial charge >= 0.3 is 0 Å². The molecule has 1 heterocycles. The molecule has 0 aliphatic rings. The Balaban J connectivity index is 1.38. The summed E-state index contributed by atoms with van der Waals surface area (Å²) in [5, 5.41) is 0. The van der Waals surface area contributed by atoms with Gasteiger partial charge in [0.1, 0.15) is 24.3 Å². The van der Waals surface area contributed by atoms with Crippen molar-refractivity contribution in [1.82, 2.24) is 9.97 Å². The van der Waals surface area contributed by atoms with Gasteiger partial charge in [0, 0.05) is 23.5 Å². The van der Waals surface area contributed by atoms with Crippen LogP contribution in [0.3, 0.4) is 0 Å². The SMILES string of the molecule is CCCCCCCCCCCOc1ccc(-c2ncc(-c3ccc(OCC(F)CCCCC)cc3)cn2)cc1. The number of hydrogen-bond donors (Lipinski definition) is 0. The molecule has 1 unspecified atom stereocenters. The van der Waals surface area contributed by atoms with Gasteiger partial charge in [-0.05, 0) is 54.8 Å². The molecule has 1 aromatic heterocycles. The van der Waals surface area contributed by atoms with Crippen LogP contribution in [0.2, 0.25) is 0 Å². The van der Waals surface area contributed by atoms with E-state index < -0.39 is 6.17 Å². The average Bonchev–Trinajstić information content (AvgIpc) is 2.98. The molecule has 0 amide bonds. The van der Waals surface area contributed by atoms with Crippen LogP contribution in [-0.2, 0) is 0 Å². The predicted molar refractivity (Wildman–Crippen MR) is 160 cm³/mol. The van der Waals surface area contributed by atoms with E-state index in [0.717, 1.165) is 54.7 Å². The first-order valence-electron chi connectivity index (χ1n) is 15.1. The van der Waals surface area contributed by atoms with Crippen LogP contribution in [-0.4, -0.2) is 29.4 Å². The van der Waals surface area contributed by atoms with Gasteiger partial charge < -0.3 is 9.47 Å². The molecule has 3 aromatic rings. The quantitative estimate of drug-likeness (QED) is 0.135. The van der Waals surface area contributed by atoms with Crippen molar-refractivity contribution in [2.45, 2.75) is 103 Å². The molecule has 0 saturated carbocycles. The molecular weight excluding hydrogens is 487 g/mol. The fraction of sp³-hybridized carbons (Fsp3) is 0.529. The number of halogens is 1. The van der Waals surface area contributed by atoms with Gasteiger partial charge in [0.2, 0.25) is 0 Å². The molecule has 3 rings (SSSR count). The molecule has 0 radical (unpaired) electrons. The number of rotatable bonds is 20. The summed E-state index contributed by atoms with van der Waals surface area (Å²) in [6.45, 7) is 5.25. The monoisotopic (exact) mass is 534 g/mol. The Hall–Kier alpha value is -2.95. The zero-order chi connectivity index (χ0) is 27.5. The Morgan fingerprint density at radius 1 is 0.590 bits per heavy atom. The molecule has 0 bridgehead atoms. The largest absolute Gasteiger partial charge is 0.494 e. The second kappa shape index (κ2) is 18.4. The second-order valence-corrected chi connectivity index (χ2v) is 10.4. The van der Waals surface area contributed by atoms with Gasteiger partial charge in [0.15, 0.2) is 5.82 Å². The van der Waals surface area contributed by atoms with Crippen molar-refractivity contribution in [1.29, 1.82) is 0 Å². The molecular formula is C34H47FN2O2. The Morgan fingerprint density at radius 3 is 1.72 bits per heavy atom. The third-order valence-electron chi connectivity index (χ3n) is 7.02. The molecule has 0 saturated heterocycles. The maximum absolute atomic E-state index is 14.0. The van der Waals surface area contributed by atoms with Gasteiger partial charge in [-0.25, -0.2) is 14.4 Å². The van der Waals surface area contributed by atoms with E-state index in [9.17, 15) is 4.39 Å². The maximum Gasteiger partial charge on any atom is 0.159 e. The van der Waals surface area contributed by atoms with Crippen LogP contribution in [0.15, 0.2) is 60.9 Å². The lowest BCUT2D eigenvalue weighted by Crippen LogP contribution is -2.12. The Bertz CT molecular complexity index is 1020. The van der Waals surface area contributed by atoms with Crippen molar-refractivity contribution < 1.29 is 13.9 Å². The Kier molecular flexibility index (Phi) is 14.4. The van der Waals surface area contributed by atoms with Gasteiger partial charge in [-0.1, -0.05) is 96.6 Å². The lowest BCUT2D eigenvalue weighted by Gasteiger charge is -2.11. The minimum Gasteiger partial charge on any atom is -0.494 e. The number of unbranched alkanes of at least 4 members (excludes halogenated alkanes) is 10. The smallest absolute Gasteiger partial charge is 0.159 e. The standard InChI is InChI=1S/C34H47FN2O2/c1-3-5-7-8-9-10-11-12-14-24-38-32-22-18-29(19-23-32)34-36-25-30(26-37-34)28-16-20-33(21-17-28)39-27-31(35)15-13-6-4-2/h16-23,25-26,31H,3-15,24,27H2,1-2H3. The molecule has 1 atom stereocenters. The van der Waals surface area contributed by atoms with Gasteiger partial charge in [-0.3, -0.25) is 0 Å². The van der Waals surface area contributed by atoms with Crippen LogP contribution in [0.4, 0.5) is 4.39 Å². The lowest BCUT2D eigenvalue weighted by molar-refractivity contribution is 0.184. The highest BCUT2D eigenvalue weighted by atomic mass is 19.1. The van der Waals surface area contributed by atoms with E-state index in [-0.39, 0.29) is 6.61 Å². The first-order valence-corrected chi connectivity index (χ1v) is 15.1. The number of benzene rings is 2. The van der Waals surface area contributed by atoms with E-state index in [1.807, 2.05) is 60.9 Å². The lowest BCUT2D eigenvalue weighted by atomic mass is 10.1. The van der Waals surface area contributed by atoms with Crippen LogP contribution >= 0.6 is 0 Å². The van der Waals surface area contributed by atoms with Crippen molar-refractivity contribution in [3.63, 3.8) is 0 Å². The molecule has 5 heteroatoms. The van der Waals surface area contributed by atoms with Crippen LogP contribution < -0.4 is 9.47 Å². The highest BCUT2D eigenvalue weighted by Crippen LogP contribution is 2.24. The van der Waals surface area contributed by atoms with E-state index in [4.69, 9.17) is 9.47 Å². The van der Waals surface area contributed by atoms with E-state index >= 15 is 0 Å². The average molecular weight is 535 g/mol. The van der Waals surface area contributed by atoms with Crippen LogP contribution in [0.5, 0.6) is 11.5 Å². The fourth-order valence-electron chi connectivity index (χ4n) is 4.56. The first-order chi connectivity index (χ1) is 19.2. The van der Waals surface area contributed by atoms with Crippen LogP contribution in [0.1, 0.15) is 97.3 Å². The third kappa shape index (κ3) is 11.8. The molecule has 0 spiro atoms. The van der Waals surface area contributed by atoms with Crippen molar-refractivity contribution in [3.05, 3.63) is 60.9 Å². The molecule has 4 nitrogen and oxygen atoms in total. The molecule has 0 N–H and O–H groups in total. The van der Waals surface area contributed by atoms with Gasteiger partial charge in [0.05, 0.1) is 6.61 Å². The second-order valence-electron chi connectivity index (χ2n) is 10.4. The summed E-state index contributed by atoms with van der Waals surface area (Å²) in [6, 6.07) is 15.6. The van der Waals surface area contributed by atoms with E-state index in [1.54, 1.807) is 0 Å². The molecule has 0 aliphatic carbocycles. The van der Waals surface area contributed by atoms with Crippen molar-refractivity contribution in [2.75, 3.05) is 13.2 Å². The van der Waals surface area contributed by atoms with Gasteiger partial charge in [-0.2, -0.15) is 0 Å². The van der Waals surface area contributed by atoms with Crippen LogP contribution in [0.25, 0.3) is 22.5 Å². The topological polar surface area (TPSA) is 44.2 Å². The molecule has 39 heavy (non-hydrogen) atoms. The summed E-state index contributed by atoms with van der Waals surface area (Å²) in [6.07, 6.45) is 18.2. The molecule has 2 aromatic carbocycles. The third-order valence-corrected chi connectivity index (χ3v) is 7.02. The zero-order valence-corrected chi connectivity index (χ0v) is 24.0. The minimum atomic E-state index is -0.919. The van der Waals surface area contributed by atoms with Crippen molar-refractivity contribution in [2.24, 2.45) is 0 Å². The maximum atomic E-state index is 14.0. The molecule has 0 fully saturated rings. The minimum absolute atomic E-state index is 0.101. The molecule has 212 valence electrons. The van der Waals surface area contributed by atoms with Crippen molar-refractivity contribution >= 4 is 0 Å². The van der Waals surface area contributed by atoms with E-state index in [0.29, 0.717) is 18.0 Å². The predicted octanol–water partition coefficient (Wildman–Crippen LogP) is 10.0. The van der Waals surface area contributed by atoms with Crippen LogP contribution in [0, 0.1) is 0 Å². The summed E-state index contributed by atoms with van der Waals surface area (Å²) in [5.41, 5.74) is 2.88. The molecule has 0 aliphatic heterocycles. The van der Waals surface area contributed by atoms with E-state index in [2.05, 4.69) is 23.8 Å². The highest BCUT2D eigenvalue weighted by molar-refractivity contribution is 5.64. The number of aromatic nitrogens is 2. The summed E-state index contributed by atoms with van der Waals surface area (Å²) >= 11 is 0. The van der Waals surface area contributed by atoms with E-state index in [1.165, 1.54) is 51.4 Å². The number of alkyl halides is 1. The first kappa shape index (κ1) is 30.6. The summed E-state index contributed by atoms with van der Waals surface area (Å²) in [4.78, 5) is 9.13. The summed E-state index contributed by atoms with van der Waals surface area (Å²) in [7, 11) is 0. The highest BCUT2D eigenvalue weighted by Gasteiger charge is 2.08. The summed E-state index contributed by atoms with van der Waals surface area (Å²) in [5.74, 6) is 2.24. The van der Waals surface area contributed by atoms with Crippen molar-refractivity contribution in [3.8, 4) is 34.0 Å². The summed E-state index contributed by atoms with van der Waals surface area (Å²) < 4.78 is 25.5. The number of nitrogens with zero attached hydrogens (tertiary/aromatic N) is 2. The number of ether oxygens (including phenoxy) is 2.